The second-order valence-electron chi connectivity index (χ2n) is 12.4. The van der Waals surface area contributed by atoms with Gasteiger partial charge in [-0.15, -0.1) is 11.3 Å². The molecule has 0 unspecified atom stereocenters. The van der Waals surface area contributed by atoms with Crippen molar-refractivity contribution in [1.29, 1.82) is 0 Å². The number of nitrogens with one attached hydrogen (secondary N) is 2. The Balaban J connectivity index is 1.06. The lowest BCUT2D eigenvalue weighted by molar-refractivity contribution is -0.268. The number of amides is 2. The van der Waals surface area contributed by atoms with E-state index in [1.54, 1.807) is 23.1 Å². The number of aromatic nitrogens is 1. The summed E-state index contributed by atoms with van der Waals surface area (Å²) in [5.74, 6) is 0.820. The maximum atomic E-state index is 12.6. The minimum atomic E-state index is -0.561. The zero-order valence-electron chi connectivity index (χ0n) is 27.7. The number of thiazole rings is 1. The molecule has 1 aromatic heterocycles. The maximum Gasteiger partial charge on any atom is 0.315 e. The maximum absolute atomic E-state index is 12.6. The van der Waals surface area contributed by atoms with Crippen molar-refractivity contribution in [3.8, 4) is 11.1 Å². The smallest absolute Gasteiger partial charge is 0.315 e. The van der Waals surface area contributed by atoms with E-state index in [0.29, 0.717) is 13.1 Å². The van der Waals surface area contributed by atoms with Crippen molar-refractivity contribution in [1.82, 2.24) is 15.6 Å². The van der Waals surface area contributed by atoms with E-state index in [-0.39, 0.29) is 30.8 Å². The average Bonchev–Trinajstić information content (AvgIpc) is 3.60. The fraction of sp³-hybridized carbons (Fsp3) is 0.220. The van der Waals surface area contributed by atoms with Crippen molar-refractivity contribution in [2.24, 2.45) is 5.92 Å². The Morgan fingerprint density at radius 3 is 2.26 bits per heavy atom. The number of rotatable bonds is 11. The molecule has 0 radical (unpaired) electrons. The molecule has 3 N–H and O–H groups in total. The molecule has 0 bridgehead atoms. The third-order valence-corrected chi connectivity index (χ3v) is 11.3. The first-order valence-corrected chi connectivity index (χ1v) is 18.6. The van der Waals surface area contributed by atoms with Gasteiger partial charge in [0.05, 0.1) is 29.0 Å². The number of benzene rings is 5. The third-order valence-electron chi connectivity index (χ3n) is 9.02. The van der Waals surface area contributed by atoms with Crippen molar-refractivity contribution in [3.05, 3.63) is 155 Å². The zero-order chi connectivity index (χ0) is 34.3. The highest BCUT2D eigenvalue weighted by Gasteiger charge is 2.38. The predicted molar refractivity (Wildman–Crippen MR) is 201 cm³/mol. The van der Waals surface area contributed by atoms with E-state index in [0.717, 1.165) is 54.6 Å². The van der Waals surface area contributed by atoms with Crippen LogP contribution >= 0.6 is 23.1 Å². The van der Waals surface area contributed by atoms with Gasteiger partial charge in [-0.25, -0.2) is 9.78 Å². The third kappa shape index (κ3) is 8.09. The van der Waals surface area contributed by atoms with E-state index in [1.807, 2.05) is 91.0 Å². The van der Waals surface area contributed by atoms with Crippen LogP contribution in [0.5, 0.6) is 0 Å². The SMILES string of the molecule is C[C@H]1[C@@H](CSc2nc3ccccc3s2)O[C@@H](c2ccc(-c3ccccc3CNC(=O)NCc3ccccc3)cc2)O[C@H]1c1ccc(CO)cc1. The van der Waals surface area contributed by atoms with Gasteiger partial charge in [-0.1, -0.05) is 134 Å². The molecular weight excluding hydrogens is 663 g/mol. The Labute approximate surface area is 300 Å². The lowest BCUT2D eigenvalue weighted by Crippen LogP contribution is -2.38. The Morgan fingerprint density at radius 2 is 1.48 bits per heavy atom. The first-order valence-electron chi connectivity index (χ1n) is 16.8. The van der Waals surface area contributed by atoms with Crippen molar-refractivity contribution < 1.29 is 19.4 Å². The number of thioether (sulfide) groups is 1. The summed E-state index contributed by atoms with van der Waals surface area (Å²) in [5, 5.41) is 15.5. The number of hydrogen-bond donors (Lipinski definition) is 3. The lowest BCUT2D eigenvalue weighted by atomic mass is 9.91. The van der Waals surface area contributed by atoms with Gasteiger partial charge in [0.1, 0.15) is 0 Å². The van der Waals surface area contributed by atoms with E-state index < -0.39 is 6.29 Å². The number of urea groups is 1. The van der Waals surface area contributed by atoms with Crippen LogP contribution in [0.2, 0.25) is 0 Å². The second kappa shape index (κ2) is 16.0. The molecule has 6 aromatic rings. The summed E-state index contributed by atoms with van der Waals surface area (Å²) in [6.07, 6.45) is -0.844. The largest absolute Gasteiger partial charge is 0.392 e. The van der Waals surface area contributed by atoms with Gasteiger partial charge in [0, 0.05) is 30.3 Å². The molecule has 0 saturated carbocycles. The van der Waals surface area contributed by atoms with Crippen LogP contribution in [0.3, 0.4) is 0 Å². The summed E-state index contributed by atoms with van der Waals surface area (Å²) in [6.45, 7) is 3.05. The molecule has 2 amide bonds. The highest BCUT2D eigenvalue weighted by atomic mass is 32.2. The van der Waals surface area contributed by atoms with E-state index in [4.69, 9.17) is 14.5 Å². The molecule has 1 aliphatic heterocycles. The normalized spacial score (nSPS) is 18.9. The van der Waals surface area contributed by atoms with Crippen LogP contribution in [0.1, 0.15) is 47.1 Å². The van der Waals surface area contributed by atoms with Gasteiger partial charge >= 0.3 is 6.03 Å². The molecule has 7 nitrogen and oxygen atoms in total. The number of nitrogens with zero attached hydrogens (tertiary/aromatic N) is 1. The molecule has 1 fully saturated rings. The molecule has 0 aliphatic carbocycles. The Kier molecular flexibility index (Phi) is 10.9. The number of ether oxygens (including phenoxy) is 2. The number of fused-ring (bicyclic) bond motifs is 1. The van der Waals surface area contributed by atoms with Crippen LogP contribution in [-0.2, 0) is 29.2 Å². The molecule has 4 atom stereocenters. The molecular formula is C41H39N3O4S2. The minimum absolute atomic E-state index is 0.00151. The quantitative estimate of drug-likeness (QED) is 0.117. The number of hydrogen-bond acceptors (Lipinski definition) is 7. The fourth-order valence-electron chi connectivity index (χ4n) is 6.17. The van der Waals surface area contributed by atoms with Crippen LogP contribution in [-0.4, -0.2) is 28.0 Å². The Bertz CT molecular complexity index is 1990. The van der Waals surface area contributed by atoms with Crippen molar-refractivity contribution in [2.45, 2.75) is 49.5 Å². The average molecular weight is 702 g/mol. The van der Waals surface area contributed by atoms with Crippen molar-refractivity contribution >= 4 is 39.3 Å². The number of aliphatic hydroxyl groups excluding tert-OH is 1. The minimum Gasteiger partial charge on any atom is -0.392 e. The zero-order valence-corrected chi connectivity index (χ0v) is 29.3. The van der Waals surface area contributed by atoms with Crippen molar-refractivity contribution in [2.75, 3.05) is 5.75 Å². The van der Waals surface area contributed by atoms with Gasteiger partial charge in [0.2, 0.25) is 0 Å². The summed E-state index contributed by atoms with van der Waals surface area (Å²) in [4.78, 5) is 17.4. The van der Waals surface area contributed by atoms with Gasteiger partial charge in [-0.3, -0.25) is 0 Å². The van der Waals surface area contributed by atoms with Crippen LogP contribution < -0.4 is 10.6 Å². The Hall–Kier alpha value is -4.51. The molecule has 254 valence electrons. The molecule has 1 saturated heterocycles. The van der Waals surface area contributed by atoms with Crippen LogP contribution in [0.4, 0.5) is 4.79 Å². The fourth-order valence-corrected chi connectivity index (χ4v) is 8.43. The molecule has 0 spiro atoms. The molecule has 2 heterocycles. The highest BCUT2D eigenvalue weighted by molar-refractivity contribution is 8.01. The van der Waals surface area contributed by atoms with E-state index in [9.17, 15) is 9.90 Å². The van der Waals surface area contributed by atoms with Crippen LogP contribution in [0.25, 0.3) is 21.3 Å². The van der Waals surface area contributed by atoms with E-state index >= 15 is 0 Å². The summed E-state index contributed by atoms with van der Waals surface area (Å²) < 4.78 is 15.6. The number of para-hydroxylation sites is 1. The summed E-state index contributed by atoms with van der Waals surface area (Å²) in [6, 6.07) is 42.3. The molecule has 50 heavy (non-hydrogen) atoms. The summed E-state index contributed by atoms with van der Waals surface area (Å²) in [5.41, 5.74) is 8.04. The van der Waals surface area contributed by atoms with Gasteiger partial charge < -0.3 is 25.2 Å². The number of carbonyl (C=O) groups excluding carboxylic acids is 1. The van der Waals surface area contributed by atoms with Crippen LogP contribution in [0.15, 0.2) is 132 Å². The van der Waals surface area contributed by atoms with Gasteiger partial charge in [-0.05, 0) is 45.5 Å². The molecule has 9 heteroatoms. The topological polar surface area (TPSA) is 92.7 Å². The van der Waals surface area contributed by atoms with Gasteiger partial charge in [0.25, 0.3) is 0 Å². The first-order chi connectivity index (χ1) is 24.5. The van der Waals surface area contributed by atoms with E-state index in [1.165, 1.54) is 4.70 Å². The standard InChI is InChI=1S/C41H39N3O4S2/c1-27-36(26-49-41-44-35-13-7-8-14-37(35)50-41)47-39(48-38(27)31-17-15-29(25-45)16-18-31)32-21-19-30(20-22-32)34-12-6-5-11-33(34)24-43-40(46)42-23-28-9-3-2-4-10-28/h2-22,27,36,38-39,45H,23-26H2,1H3,(H2,42,43,46)/t27-,36+,38+,39+/m0/s1. The predicted octanol–water partition coefficient (Wildman–Crippen LogP) is 9.04. The summed E-state index contributed by atoms with van der Waals surface area (Å²) >= 11 is 3.43. The molecule has 1 aliphatic rings. The number of carbonyl (C=O) groups is 1. The molecule has 7 rings (SSSR count). The monoisotopic (exact) mass is 701 g/mol. The first kappa shape index (κ1) is 34.0. The Morgan fingerprint density at radius 1 is 0.780 bits per heavy atom. The number of aliphatic hydroxyl groups is 1. The lowest BCUT2D eigenvalue weighted by Gasteiger charge is -2.41. The van der Waals surface area contributed by atoms with Crippen molar-refractivity contribution in [3.63, 3.8) is 0 Å². The second-order valence-corrected chi connectivity index (χ2v) is 14.7. The van der Waals surface area contributed by atoms with Crippen LogP contribution in [0, 0.1) is 5.92 Å². The van der Waals surface area contributed by atoms with E-state index in [2.05, 4.69) is 54.0 Å². The highest BCUT2D eigenvalue weighted by Crippen LogP contribution is 2.44. The van der Waals surface area contributed by atoms with Gasteiger partial charge in [0.15, 0.2) is 10.6 Å². The summed E-state index contributed by atoms with van der Waals surface area (Å²) in [7, 11) is 0. The molecule has 5 aromatic carbocycles. The van der Waals surface area contributed by atoms with Gasteiger partial charge in [-0.2, -0.15) is 0 Å².